The van der Waals surface area contributed by atoms with E-state index in [2.05, 4.69) is 10.1 Å². The second-order valence-electron chi connectivity index (χ2n) is 6.02. The van der Waals surface area contributed by atoms with Gasteiger partial charge in [0.2, 0.25) is 0 Å². The topological polar surface area (TPSA) is 68.0 Å². The normalized spacial score (nSPS) is 11.0. The molecule has 0 aliphatic rings. The van der Waals surface area contributed by atoms with E-state index in [1.807, 2.05) is 50.2 Å². The number of carboxylic acid groups (broad SMARTS) is 1. The maximum Gasteiger partial charge on any atom is 0.336 e. The molecule has 3 rings (SSSR count). The predicted octanol–water partition coefficient (Wildman–Crippen LogP) is 4.06. The van der Waals surface area contributed by atoms with E-state index >= 15 is 0 Å². The van der Waals surface area contributed by atoms with Gasteiger partial charge in [0.15, 0.2) is 0 Å². The molecule has 0 amide bonds. The van der Waals surface area contributed by atoms with Crippen LogP contribution in [0.4, 0.5) is 0 Å². The third kappa shape index (κ3) is 2.80. The SMILES string of the molecule is Cc1c(C(=O)O)cc(-c2ccccc2)cc1-n1ncnc1C(C)C. The number of aromatic carboxylic acids is 1. The molecule has 0 fully saturated rings. The van der Waals surface area contributed by atoms with Gasteiger partial charge in [-0.1, -0.05) is 44.2 Å². The summed E-state index contributed by atoms with van der Waals surface area (Å²) in [5, 5.41) is 13.9. The minimum absolute atomic E-state index is 0.181. The summed E-state index contributed by atoms with van der Waals surface area (Å²) in [7, 11) is 0. The highest BCUT2D eigenvalue weighted by Gasteiger charge is 2.18. The summed E-state index contributed by atoms with van der Waals surface area (Å²) in [5.41, 5.74) is 3.51. The zero-order valence-corrected chi connectivity index (χ0v) is 13.9. The quantitative estimate of drug-likeness (QED) is 0.786. The maximum absolute atomic E-state index is 11.7. The molecule has 0 aliphatic carbocycles. The molecule has 5 nitrogen and oxygen atoms in total. The summed E-state index contributed by atoms with van der Waals surface area (Å²) < 4.78 is 1.74. The monoisotopic (exact) mass is 321 g/mol. The van der Waals surface area contributed by atoms with Gasteiger partial charge in [-0.15, -0.1) is 0 Å². The summed E-state index contributed by atoms with van der Waals surface area (Å²) in [4.78, 5) is 16.0. The van der Waals surface area contributed by atoms with E-state index in [1.54, 1.807) is 17.7 Å². The van der Waals surface area contributed by atoms with Gasteiger partial charge in [-0.05, 0) is 35.7 Å². The lowest BCUT2D eigenvalue weighted by Crippen LogP contribution is -2.10. The number of rotatable bonds is 4. The van der Waals surface area contributed by atoms with Crippen LogP contribution in [0.5, 0.6) is 0 Å². The van der Waals surface area contributed by atoms with Crippen molar-refractivity contribution < 1.29 is 9.90 Å². The van der Waals surface area contributed by atoms with Crippen LogP contribution in [-0.4, -0.2) is 25.8 Å². The Morgan fingerprint density at radius 3 is 2.46 bits per heavy atom. The second kappa shape index (κ2) is 6.28. The van der Waals surface area contributed by atoms with Crippen LogP contribution >= 0.6 is 0 Å². The van der Waals surface area contributed by atoms with Gasteiger partial charge in [0.1, 0.15) is 12.2 Å². The summed E-state index contributed by atoms with van der Waals surface area (Å²) in [6.45, 7) is 5.88. The van der Waals surface area contributed by atoms with Gasteiger partial charge in [0, 0.05) is 5.92 Å². The minimum atomic E-state index is -0.947. The van der Waals surface area contributed by atoms with Gasteiger partial charge in [0.05, 0.1) is 11.3 Å². The third-order valence-electron chi connectivity index (χ3n) is 4.04. The zero-order chi connectivity index (χ0) is 17.3. The van der Waals surface area contributed by atoms with Crippen LogP contribution in [0.25, 0.3) is 16.8 Å². The molecular weight excluding hydrogens is 302 g/mol. The molecule has 5 heteroatoms. The van der Waals surface area contributed by atoms with Crippen molar-refractivity contribution in [2.45, 2.75) is 26.7 Å². The molecule has 0 radical (unpaired) electrons. The summed E-state index contributed by atoms with van der Waals surface area (Å²) in [6.07, 6.45) is 1.50. The molecule has 24 heavy (non-hydrogen) atoms. The van der Waals surface area contributed by atoms with E-state index in [1.165, 1.54) is 6.33 Å². The number of hydrogen-bond donors (Lipinski definition) is 1. The van der Waals surface area contributed by atoms with E-state index in [0.29, 0.717) is 5.56 Å². The van der Waals surface area contributed by atoms with Crippen LogP contribution in [0.15, 0.2) is 48.8 Å². The largest absolute Gasteiger partial charge is 0.478 e. The molecule has 1 aromatic heterocycles. The average Bonchev–Trinajstić information content (AvgIpc) is 3.05. The van der Waals surface area contributed by atoms with Gasteiger partial charge in [0.25, 0.3) is 0 Å². The van der Waals surface area contributed by atoms with Crippen LogP contribution in [0.1, 0.15) is 41.5 Å². The molecule has 0 atom stereocenters. The standard InChI is InChI=1S/C19H19N3O2/c1-12(2)18-20-11-21-22(18)17-10-15(14-7-5-4-6-8-14)9-16(13(17)3)19(23)24/h4-12H,1-3H3,(H,23,24). The van der Waals surface area contributed by atoms with Crippen molar-refractivity contribution in [3.05, 3.63) is 65.7 Å². The van der Waals surface area contributed by atoms with Crippen molar-refractivity contribution in [2.75, 3.05) is 0 Å². The highest BCUT2D eigenvalue weighted by Crippen LogP contribution is 2.29. The Bertz CT molecular complexity index is 883. The Labute approximate surface area is 140 Å². The first-order valence-corrected chi connectivity index (χ1v) is 7.82. The Kier molecular flexibility index (Phi) is 4.16. The van der Waals surface area contributed by atoms with Crippen molar-refractivity contribution in [3.8, 4) is 16.8 Å². The first kappa shape index (κ1) is 15.9. The number of nitrogens with zero attached hydrogens (tertiary/aromatic N) is 3. The van der Waals surface area contributed by atoms with E-state index in [0.717, 1.165) is 22.6 Å². The van der Waals surface area contributed by atoms with E-state index in [-0.39, 0.29) is 11.5 Å². The fourth-order valence-corrected chi connectivity index (χ4v) is 2.77. The Morgan fingerprint density at radius 1 is 1.12 bits per heavy atom. The first-order chi connectivity index (χ1) is 11.5. The second-order valence-corrected chi connectivity index (χ2v) is 6.02. The van der Waals surface area contributed by atoms with Crippen molar-refractivity contribution >= 4 is 5.97 Å². The lowest BCUT2D eigenvalue weighted by atomic mass is 9.97. The molecule has 2 aromatic carbocycles. The lowest BCUT2D eigenvalue weighted by molar-refractivity contribution is 0.0696. The number of carboxylic acids is 1. The average molecular weight is 321 g/mol. The van der Waals surface area contributed by atoms with Crippen molar-refractivity contribution in [1.82, 2.24) is 14.8 Å². The van der Waals surface area contributed by atoms with E-state index in [9.17, 15) is 9.90 Å². The van der Waals surface area contributed by atoms with Gasteiger partial charge in [-0.2, -0.15) is 5.10 Å². The number of aromatic nitrogens is 3. The Balaban J connectivity index is 2.27. The fraction of sp³-hybridized carbons (Fsp3) is 0.211. The molecule has 1 N–H and O–H groups in total. The molecule has 0 bridgehead atoms. The molecule has 0 spiro atoms. The molecule has 3 aromatic rings. The van der Waals surface area contributed by atoms with Crippen molar-refractivity contribution in [3.63, 3.8) is 0 Å². The smallest absolute Gasteiger partial charge is 0.336 e. The first-order valence-electron chi connectivity index (χ1n) is 7.82. The Morgan fingerprint density at radius 2 is 1.83 bits per heavy atom. The van der Waals surface area contributed by atoms with E-state index < -0.39 is 5.97 Å². The molecule has 122 valence electrons. The lowest BCUT2D eigenvalue weighted by Gasteiger charge is -2.15. The third-order valence-corrected chi connectivity index (χ3v) is 4.04. The highest BCUT2D eigenvalue weighted by molar-refractivity contribution is 5.92. The maximum atomic E-state index is 11.7. The van der Waals surface area contributed by atoms with Crippen molar-refractivity contribution in [2.24, 2.45) is 0 Å². The Hall–Kier alpha value is -2.95. The minimum Gasteiger partial charge on any atom is -0.478 e. The molecule has 0 saturated carbocycles. The molecule has 0 unspecified atom stereocenters. The van der Waals surface area contributed by atoms with Crippen LogP contribution in [0.3, 0.4) is 0 Å². The van der Waals surface area contributed by atoms with Gasteiger partial charge >= 0.3 is 5.97 Å². The van der Waals surface area contributed by atoms with Crippen molar-refractivity contribution in [1.29, 1.82) is 0 Å². The van der Waals surface area contributed by atoms with Crippen LogP contribution in [0.2, 0.25) is 0 Å². The molecule has 1 heterocycles. The zero-order valence-electron chi connectivity index (χ0n) is 13.9. The van der Waals surface area contributed by atoms with Crippen LogP contribution < -0.4 is 0 Å². The van der Waals surface area contributed by atoms with Crippen LogP contribution in [0, 0.1) is 6.92 Å². The number of carbonyl (C=O) groups is 1. The molecule has 0 saturated heterocycles. The number of hydrogen-bond acceptors (Lipinski definition) is 3. The summed E-state index contributed by atoms with van der Waals surface area (Å²) in [5.74, 6) is 0.0398. The fourth-order valence-electron chi connectivity index (χ4n) is 2.77. The molecule has 0 aliphatic heterocycles. The van der Waals surface area contributed by atoms with Gasteiger partial charge in [-0.25, -0.2) is 14.5 Å². The van der Waals surface area contributed by atoms with Gasteiger partial charge < -0.3 is 5.11 Å². The predicted molar refractivity (Wildman–Crippen MR) is 92.6 cm³/mol. The highest BCUT2D eigenvalue weighted by atomic mass is 16.4. The summed E-state index contributed by atoms with van der Waals surface area (Å²) in [6, 6.07) is 13.4. The molecular formula is C19H19N3O2. The van der Waals surface area contributed by atoms with E-state index in [4.69, 9.17) is 0 Å². The summed E-state index contributed by atoms with van der Waals surface area (Å²) >= 11 is 0. The van der Waals surface area contributed by atoms with Gasteiger partial charge in [-0.3, -0.25) is 0 Å². The number of benzene rings is 2. The van der Waals surface area contributed by atoms with Crippen LogP contribution in [-0.2, 0) is 0 Å².